The number of quaternary nitrogens is 2. The topological polar surface area (TPSA) is 24.5 Å². The summed E-state index contributed by atoms with van der Waals surface area (Å²) in [6.45, 7) is 40.6. The molecule has 1 aliphatic carbocycles. The van der Waals surface area contributed by atoms with Crippen LogP contribution >= 0.6 is 0 Å². The summed E-state index contributed by atoms with van der Waals surface area (Å²) in [4.78, 5) is 0. The van der Waals surface area contributed by atoms with Gasteiger partial charge in [-0.25, -0.2) is 0 Å². The van der Waals surface area contributed by atoms with E-state index < -0.39 is 6.03 Å². The summed E-state index contributed by atoms with van der Waals surface area (Å²) in [7, 11) is 0. The van der Waals surface area contributed by atoms with E-state index in [1.54, 1.807) is 0 Å². The third-order valence-electron chi connectivity index (χ3n) is 15.3. The van der Waals surface area contributed by atoms with Crippen LogP contribution in [0, 0.1) is 0 Å². The van der Waals surface area contributed by atoms with Crippen LogP contribution in [0.5, 0.6) is 11.5 Å². The first-order valence-corrected chi connectivity index (χ1v) is 22.6. The van der Waals surface area contributed by atoms with E-state index in [0.717, 1.165) is 24.3 Å². The van der Waals surface area contributed by atoms with Gasteiger partial charge >= 0.3 is 6.03 Å². The SMILES string of the molecule is CC[N+](CC)(CC)CCCC(C)(CCC[N+](CC)(CC)CC)c1ccc2c(c1)C=[N+]1C3CCCCC3[N+]3=Cc4cc(C(C)(C)C)cc(C(C)(C)C)c4OC13O2. The number of ether oxygens (including phenoxy) is 2. The lowest BCUT2D eigenvalue weighted by molar-refractivity contribution is -0.923. The summed E-state index contributed by atoms with van der Waals surface area (Å²) >= 11 is 0. The second-order valence-corrected chi connectivity index (χ2v) is 20.2. The molecule has 304 valence electrons. The zero-order valence-electron chi connectivity index (χ0n) is 37.6. The van der Waals surface area contributed by atoms with Gasteiger partial charge in [-0.15, -0.1) is 0 Å². The molecule has 6 heteroatoms. The van der Waals surface area contributed by atoms with Crippen molar-refractivity contribution in [2.24, 2.45) is 0 Å². The molecular weight excluding hydrogens is 677 g/mol. The third-order valence-corrected chi connectivity index (χ3v) is 15.3. The minimum Gasteiger partial charge on any atom is -0.341 e. The molecule has 0 bridgehead atoms. The Bertz CT molecular complexity index is 1710. The van der Waals surface area contributed by atoms with Crippen molar-refractivity contribution in [3.8, 4) is 11.5 Å². The van der Waals surface area contributed by atoms with Gasteiger partial charge in [0.1, 0.15) is 0 Å². The Morgan fingerprint density at radius 2 is 1.11 bits per heavy atom. The quantitative estimate of drug-likeness (QED) is 0.134. The molecule has 2 fully saturated rings. The van der Waals surface area contributed by atoms with E-state index in [0.29, 0.717) is 12.1 Å². The van der Waals surface area contributed by atoms with Crippen molar-refractivity contribution in [3.05, 3.63) is 58.1 Å². The maximum Gasteiger partial charge on any atom is 0.704 e. The highest BCUT2D eigenvalue weighted by Crippen LogP contribution is 2.48. The van der Waals surface area contributed by atoms with Gasteiger partial charge < -0.3 is 18.4 Å². The van der Waals surface area contributed by atoms with Gasteiger partial charge in [0.15, 0.2) is 23.9 Å². The lowest BCUT2D eigenvalue weighted by Gasteiger charge is -2.39. The first kappa shape index (κ1) is 41.9. The number of hydrogen-bond donors (Lipinski definition) is 0. The van der Waals surface area contributed by atoms with Gasteiger partial charge in [0, 0.05) is 18.4 Å². The van der Waals surface area contributed by atoms with Crippen LogP contribution in [0.4, 0.5) is 0 Å². The molecule has 0 N–H and O–H groups in total. The monoisotopic (exact) mass is 757 g/mol. The van der Waals surface area contributed by atoms with E-state index >= 15 is 0 Å². The van der Waals surface area contributed by atoms with E-state index in [-0.39, 0.29) is 16.2 Å². The van der Waals surface area contributed by atoms with Crippen LogP contribution in [0.15, 0.2) is 30.3 Å². The molecule has 3 heterocycles. The summed E-state index contributed by atoms with van der Waals surface area (Å²) in [5.41, 5.74) is 6.51. The Morgan fingerprint density at radius 3 is 1.58 bits per heavy atom. The summed E-state index contributed by atoms with van der Waals surface area (Å²) in [5, 5.41) is 0. The molecule has 1 saturated carbocycles. The second kappa shape index (κ2) is 15.6. The number of fused-ring (bicyclic) bond motifs is 5. The molecule has 6 rings (SSSR count). The van der Waals surface area contributed by atoms with Gasteiger partial charge in [-0.2, -0.15) is 0 Å². The van der Waals surface area contributed by atoms with Crippen molar-refractivity contribution in [1.82, 2.24) is 0 Å². The zero-order valence-corrected chi connectivity index (χ0v) is 37.6. The molecule has 2 aromatic rings. The fourth-order valence-corrected chi connectivity index (χ4v) is 10.7. The minimum absolute atomic E-state index is 0.0389. The van der Waals surface area contributed by atoms with Gasteiger partial charge in [0.25, 0.3) is 0 Å². The minimum atomic E-state index is -1.02. The summed E-state index contributed by atoms with van der Waals surface area (Å²) in [5.74, 6) is 1.91. The number of nitrogens with zero attached hydrogens (tertiary/aromatic N) is 4. The highest BCUT2D eigenvalue weighted by Gasteiger charge is 2.76. The third kappa shape index (κ3) is 7.69. The van der Waals surface area contributed by atoms with Crippen LogP contribution < -0.4 is 9.47 Å². The fourth-order valence-electron chi connectivity index (χ4n) is 10.7. The van der Waals surface area contributed by atoms with Crippen LogP contribution in [0.3, 0.4) is 0 Å². The zero-order chi connectivity index (χ0) is 40.0. The largest absolute Gasteiger partial charge is 0.704 e. The van der Waals surface area contributed by atoms with Crippen LogP contribution in [0.1, 0.15) is 169 Å². The Labute approximate surface area is 336 Å². The molecule has 4 aliphatic rings. The molecular formula is C49H80N4O2+4. The van der Waals surface area contributed by atoms with E-state index in [1.807, 2.05) is 0 Å². The lowest BCUT2D eigenvalue weighted by Crippen LogP contribution is -2.60. The van der Waals surface area contributed by atoms with Gasteiger partial charge in [0.05, 0.1) is 63.5 Å². The van der Waals surface area contributed by atoms with Crippen molar-refractivity contribution in [1.29, 1.82) is 0 Å². The standard InChI is InChI=1S/C49H80N4O2/c1-14-52(15-2,16-3)30-22-28-48(13,29-23-31-53(17-4,18-5)19-6)39-26-27-44-37(32-39)35-50-42-24-20-21-25-43(42)51-36-38-33-40(46(7,8)9)34-41(47(10,11)12)45(38)55-49(50,51)54-44/h26-27,32-36,42-43H,14-25,28-31H2,1-13H3/q+4. The maximum absolute atomic E-state index is 7.42. The second-order valence-electron chi connectivity index (χ2n) is 20.2. The lowest BCUT2D eigenvalue weighted by atomic mass is 9.74. The van der Waals surface area contributed by atoms with Crippen molar-refractivity contribution in [2.75, 3.05) is 52.4 Å². The highest BCUT2D eigenvalue weighted by molar-refractivity contribution is 5.84. The van der Waals surface area contributed by atoms with Crippen LogP contribution in [-0.2, 0) is 16.2 Å². The Kier molecular flexibility index (Phi) is 11.9. The fraction of sp³-hybridized carbons (Fsp3) is 0.714. The average Bonchev–Trinajstić information content (AvgIpc) is 3.43. The number of hydrogen-bond acceptors (Lipinski definition) is 2. The summed E-state index contributed by atoms with van der Waals surface area (Å²) in [6, 6.07) is 11.6. The Balaban J connectivity index is 1.40. The summed E-state index contributed by atoms with van der Waals surface area (Å²) < 4.78 is 22.1. The first-order valence-electron chi connectivity index (χ1n) is 22.6. The van der Waals surface area contributed by atoms with Crippen molar-refractivity contribution in [3.63, 3.8) is 0 Å². The predicted molar refractivity (Wildman–Crippen MR) is 230 cm³/mol. The average molecular weight is 757 g/mol. The summed E-state index contributed by atoms with van der Waals surface area (Å²) in [6.07, 6.45) is 14.6. The van der Waals surface area contributed by atoms with Crippen LogP contribution in [-0.4, -0.2) is 101 Å². The normalized spacial score (nSPS) is 22.3. The van der Waals surface area contributed by atoms with Crippen molar-refractivity contribution in [2.45, 2.75) is 176 Å². The Morgan fingerprint density at radius 1 is 0.618 bits per heavy atom. The van der Waals surface area contributed by atoms with Crippen molar-refractivity contribution < 1.29 is 27.6 Å². The number of rotatable bonds is 15. The van der Waals surface area contributed by atoms with E-state index in [4.69, 9.17) is 9.47 Å². The van der Waals surface area contributed by atoms with Gasteiger partial charge in [-0.3, -0.25) is 0 Å². The predicted octanol–water partition coefficient (Wildman–Crippen LogP) is 10.1. The molecule has 3 aliphatic heterocycles. The highest BCUT2D eigenvalue weighted by atomic mass is 16.7. The van der Waals surface area contributed by atoms with E-state index in [9.17, 15) is 0 Å². The molecule has 0 amide bonds. The maximum atomic E-state index is 7.42. The Hall–Kier alpha value is -2.70. The molecule has 6 nitrogen and oxygen atoms in total. The molecule has 1 spiro atoms. The first-order chi connectivity index (χ1) is 26.0. The molecule has 3 unspecified atom stereocenters. The van der Waals surface area contributed by atoms with E-state index in [2.05, 4.69) is 142 Å². The van der Waals surface area contributed by atoms with Crippen LogP contribution in [0.25, 0.3) is 0 Å². The molecule has 0 radical (unpaired) electrons. The van der Waals surface area contributed by atoms with E-state index in [1.165, 1.54) is 128 Å². The van der Waals surface area contributed by atoms with Crippen molar-refractivity contribution >= 4 is 12.4 Å². The van der Waals surface area contributed by atoms with Crippen LogP contribution in [0.2, 0.25) is 0 Å². The molecule has 2 aromatic carbocycles. The molecule has 1 saturated heterocycles. The molecule has 55 heavy (non-hydrogen) atoms. The smallest absolute Gasteiger partial charge is 0.341 e. The number of benzene rings is 2. The van der Waals surface area contributed by atoms with Gasteiger partial charge in [0.2, 0.25) is 12.1 Å². The molecule has 3 atom stereocenters. The van der Waals surface area contributed by atoms with Gasteiger partial charge in [-0.1, -0.05) is 69.7 Å². The van der Waals surface area contributed by atoms with Gasteiger partial charge in [-0.05, 0) is 126 Å². The molecule has 0 aromatic heterocycles.